The molecule has 0 saturated heterocycles. The fraction of sp³-hybridized carbons (Fsp3) is 0.100. The summed E-state index contributed by atoms with van der Waals surface area (Å²) in [4.78, 5) is 0. The topological polar surface area (TPSA) is 52.0 Å². The average molecular weight is 246 g/mol. The predicted octanol–water partition coefficient (Wildman–Crippen LogP) is 3.08. The first-order chi connectivity index (χ1) is 7.91. The van der Waals surface area contributed by atoms with Crippen LogP contribution in [0.1, 0.15) is 5.56 Å². The molecule has 2 N–H and O–H groups in total. The zero-order valence-corrected chi connectivity index (χ0v) is 8.25. The van der Waals surface area contributed by atoms with Crippen molar-refractivity contribution in [3.8, 4) is 11.1 Å². The highest BCUT2D eigenvalue weighted by atomic mass is 19.4. The monoisotopic (exact) mass is 246 g/mol. The highest BCUT2D eigenvalue weighted by Crippen LogP contribution is 2.36. The number of anilines is 1. The van der Waals surface area contributed by atoms with Crippen molar-refractivity contribution in [3.05, 3.63) is 35.8 Å². The van der Waals surface area contributed by atoms with E-state index in [1.165, 1.54) is 6.07 Å². The number of alkyl halides is 3. The molecule has 0 aliphatic heterocycles. The molecule has 1 aromatic carbocycles. The van der Waals surface area contributed by atoms with Gasteiger partial charge in [-0.15, -0.1) is 0 Å². The van der Waals surface area contributed by atoms with Crippen molar-refractivity contribution in [1.82, 2.24) is 5.16 Å². The molecule has 0 spiro atoms. The number of aromatic nitrogens is 1. The van der Waals surface area contributed by atoms with Gasteiger partial charge in [-0.1, -0.05) is 17.3 Å². The Morgan fingerprint density at radius 2 is 1.88 bits per heavy atom. The Kier molecular flexibility index (Phi) is 2.53. The van der Waals surface area contributed by atoms with Crippen LogP contribution in [0.5, 0.6) is 0 Å². The summed E-state index contributed by atoms with van der Waals surface area (Å²) >= 11 is 0. The van der Waals surface area contributed by atoms with Gasteiger partial charge in [-0.2, -0.15) is 13.2 Å². The maximum absolute atomic E-state index is 13.7. The van der Waals surface area contributed by atoms with Crippen LogP contribution in [0.4, 0.5) is 23.4 Å². The van der Waals surface area contributed by atoms with Gasteiger partial charge in [-0.25, -0.2) is 4.39 Å². The molecule has 2 rings (SSSR count). The fourth-order valence-corrected chi connectivity index (χ4v) is 1.41. The Labute approximate surface area is 92.8 Å². The van der Waals surface area contributed by atoms with E-state index in [9.17, 15) is 17.6 Å². The molecule has 7 heteroatoms. The van der Waals surface area contributed by atoms with Crippen molar-refractivity contribution in [2.75, 3.05) is 5.73 Å². The third-order valence-electron chi connectivity index (χ3n) is 2.19. The largest absolute Gasteiger partial charge is 0.419 e. The van der Waals surface area contributed by atoms with Crippen LogP contribution in [0.2, 0.25) is 0 Å². The molecule has 0 amide bonds. The van der Waals surface area contributed by atoms with Crippen molar-refractivity contribution in [1.29, 1.82) is 0 Å². The van der Waals surface area contributed by atoms with E-state index in [-0.39, 0.29) is 17.0 Å². The molecular formula is C10H6F4N2O. The van der Waals surface area contributed by atoms with Crippen LogP contribution in [0.25, 0.3) is 11.1 Å². The summed E-state index contributed by atoms with van der Waals surface area (Å²) in [6.07, 6.45) is -3.69. The fourth-order valence-electron chi connectivity index (χ4n) is 1.41. The third kappa shape index (κ3) is 1.95. The molecule has 2 aromatic rings. The molecule has 0 aliphatic carbocycles. The van der Waals surface area contributed by atoms with Crippen molar-refractivity contribution in [2.24, 2.45) is 0 Å². The SMILES string of the molecule is Nc1oncc1-c1cccc(C(F)(F)F)c1F. The molecule has 0 radical (unpaired) electrons. The molecule has 0 unspecified atom stereocenters. The summed E-state index contributed by atoms with van der Waals surface area (Å²) in [5.41, 5.74) is 3.67. The van der Waals surface area contributed by atoms with Gasteiger partial charge in [0, 0.05) is 5.56 Å². The van der Waals surface area contributed by atoms with Crippen molar-refractivity contribution in [2.45, 2.75) is 6.18 Å². The maximum Gasteiger partial charge on any atom is 0.419 e. The number of nitrogen functional groups attached to an aromatic ring is 1. The molecule has 1 heterocycles. The lowest BCUT2D eigenvalue weighted by Crippen LogP contribution is -2.08. The summed E-state index contributed by atoms with van der Waals surface area (Å²) in [5, 5.41) is 3.28. The van der Waals surface area contributed by atoms with Gasteiger partial charge in [-0.3, -0.25) is 0 Å². The number of nitrogens with two attached hydrogens (primary N) is 1. The first kappa shape index (κ1) is 11.4. The van der Waals surface area contributed by atoms with Crippen LogP contribution in [-0.2, 0) is 6.18 Å². The number of hydrogen-bond acceptors (Lipinski definition) is 3. The summed E-state index contributed by atoms with van der Waals surface area (Å²) < 4.78 is 55.5. The van der Waals surface area contributed by atoms with E-state index in [0.717, 1.165) is 12.3 Å². The second kappa shape index (κ2) is 3.76. The van der Waals surface area contributed by atoms with Gasteiger partial charge in [0.2, 0.25) is 5.88 Å². The molecular weight excluding hydrogens is 240 g/mol. The summed E-state index contributed by atoms with van der Waals surface area (Å²) in [6, 6.07) is 2.92. The van der Waals surface area contributed by atoms with Crippen molar-refractivity contribution < 1.29 is 22.1 Å². The van der Waals surface area contributed by atoms with Gasteiger partial charge in [0.05, 0.1) is 17.3 Å². The van der Waals surface area contributed by atoms with Crippen molar-refractivity contribution in [3.63, 3.8) is 0 Å². The van der Waals surface area contributed by atoms with Gasteiger partial charge in [0.1, 0.15) is 5.82 Å². The maximum atomic E-state index is 13.7. The van der Waals surface area contributed by atoms with E-state index in [1.807, 2.05) is 0 Å². The minimum atomic E-state index is -4.76. The lowest BCUT2D eigenvalue weighted by molar-refractivity contribution is -0.139. The second-order valence-electron chi connectivity index (χ2n) is 3.27. The van der Waals surface area contributed by atoms with Crippen LogP contribution in [0.15, 0.2) is 28.9 Å². The molecule has 1 aromatic heterocycles. The van der Waals surface area contributed by atoms with Gasteiger partial charge >= 0.3 is 6.18 Å². The minimum Gasteiger partial charge on any atom is -0.367 e. The Hall–Kier alpha value is -2.05. The first-order valence-electron chi connectivity index (χ1n) is 4.47. The van der Waals surface area contributed by atoms with Gasteiger partial charge in [0.15, 0.2) is 0 Å². The Morgan fingerprint density at radius 3 is 2.41 bits per heavy atom. The highest BCUT2D eigenvalue weighted by Gasteiger charge is 2.35. The average Bonchev–Trinajstić information content (AvgIpc) is 2.63. The van der Waals surface area contributed by atoms with Gasteiger partial charge < -0.3 is 10.3 Å². The first-order valence-corrected chi connectivity index (χ1v) is 4.47. The summed E-state index contributed by atoms with van der Waals surface area (Å²) in [6.45, 7) is 0. The summed E-state index contributed by atoms with van der Waals surface area (Å²) in [5.74, 6) is -1.63. The van der Waals surface area contributed by atoms with E-state index < -0.39 is 17.6 Å². The van der Waals surface area contributed by atoms with E-state index >= 15 is 0 Å². The molecule has 3 nitrogen and oxygen atoms in total. The molecule has 0 aliphatic rings. The number of nitrogens with zero attached hydrogens (tertiary/aromatic N) is 1. The van der Waals surface area contributed by atoms with E-state index in [0.29, 0.717) is 6.07 Å². The molecule has 17 heavy (non-hydrogen) atoms. The lowest BCUT2D eigenvalue weighted by atomic mass is 10.0. The Morgan fingerprint density at radius 1 is 1.18 bits per heavy atom. The zero-order valence-electron chi connectivity index (χ0n) is 8.25. The number of benzene rings is 1. The quantitative estimate of drug-likeness (QED) is 0.786. The van der Waals surface area contributed by atoms with Crippen LogP contribution in [0.3, 0.4) is 0 Å². The highest BCUT2D eigenvalue weighted by molar-refractivity contribution is 5.72. The number of rotatable bonds is 1. The molecule has 0 bridgehead atoms. The van der Waals surface area contributed by atoms with Crippen molar-refractivity contribution >= 4 is 5.88 Å². The van der Waals surface area contributed by atoms with E-state index in [1.54, 1.807) is 0 Å². The standard InChI is InChI=1S/C10H6F4N2O/c11-8-5(6-4-16-17-9(6)15)2-1-3-7(8)10(12,13)14/h1-4H,15H2. The summed E-state index contributed by atoms with van der Waals surface area (Å²) in [7, 11) is 0. The minimum absolute atomic E-state index is 0.00593. The second-order valence-corrected chi connectivity index (χ2v) is 3.27. The third-order valence-corrected chi connectivity index (χ3v) is 2.19. The molecule has 90 valence electrons. The Bertz CT molecular complexity index is 547. The Balaban J connectivity index is 2.62. The molecule has 0 saturated carbocycles. The van der Waals surface area contributed by atoms with Gasteiger partial charge in [-0.05, 0) is 6.07 Å². The van der Waals surface area contributed by atoms with Crippen LogP contribution < -0.4 is 5.73 Å². The lowest BCUT2D eigenvalue weighted by Gasteiger charge is -2.10. The predicted molar refractivity (Wildman–Crippen MR) is 51.3 cm³/mol. The van der Waals surface area contributed by atoms with Crippen LogP contribution in [-0.4, -0.2) is 5.16 Å². The zero-order chi connectivity index (χ0) is 12.6. The van der Waals surface area contributed by atoms with E-state index in [4.69, 9.17) is 5.73 Å². The van der Waals surface area contributed by atoms with Crippen LogP contribution >= 0.6 is 0 Å². The smallest absolute Gasteiger partial charge is 0.367 e. The normalized spacial score (nSPS) is 11.8. The molecule has 0 fully saturated rings. The van der Waals surface area contributed by atoms with E-state index in [2.05, 4.69) is 9.68 Å². The van der Waals surface area contributed by atoms with Crippen LogP contribution in [0, 0.1) is 5.82 Å². The van der Waals surface area contributed by atoms with Gasteiger partial charge in [0.25, 0.3) is 0 Å². The number of halogens is 4. The number of hydrogen-bond donors (Lipinski definition) is 1. The molecule has 0 atom stereocenters.